The fourth-order valence-corrected chi connectivity index (χ4v) is 2.87. The average Bonchev–Trinajstić information content (AvgIpc) is 2.37. The van der Waals surface area contributed by atoms with E-state index in [4.69, 9.17) is 0 Å². The molecule has 0 radical (unpaired) electrons. The van der Waals surface area contributed by atoms with Gasteiger partial charge in [-0.1, -0.05) is 6.92 Å². The molecule has 0 saturated carbocycles. The minimum Gasteiger partial charge on any atom is -0.382 e. The molecule has 0 aliphatic carbocycles. The Morgan fingerprint density at radius 1 is 1.28 bits per heavy atom. The SMILES string of the molecule is CCSCC(C)Nc1ccc(S(=O)(=O)NC)cc1. The summed E-state index contributed by atoms with van der Waals surface area (Å²) < 4.78 is 25.4. The van der Waals surface area contributed by atoms with Gasteiger partial charge in [-0.15, -0.1) is 0 Å². The third-order valence-electron chi connectivity index (χ3n) is 2.42. The Hall–Kier alpha value is -0.720. The van der Waals surface area contributed by atoms with Gasteiger partial charge in [0.2, 0.25) is 10.0 Å². The highest BCUT2D eigenvalue weighted by molar-refractivity contribution is 7.99. The van der Waals surface area contributed by atoms with Crippen LogP contribution < -0.4 is 10.0 Å². The molecule has 0 aliphatic rings. The molecule has 1 atom stereocenters. The van der Waals surface area contributed by atoms with Gasteiger partial charge in [0, 0.05) is 17.5 Å². The molecular weight excluding hydrogens is 268 g/mol. The van der Waals surface area contributed by atoms with Crippen LogP contribution in [0.25, 0.3) is 0 Å². The van der Waals surface area contributed by atoms with Gasteiger partial charge in [-0.05, 0) is 44.0 Å². The first-order valence-electron chi connectivity index (χ1n) is 5.87. The van der Waals surface area contributed by atoms with E-state index < -0.39 is 10.0 Å². The molecule has 6 heteroatoms. The first-order chi connectivity index (χ1) is 8.49. The van der Waals surface area contributed by atoms with Crippen LogP contribution >= 0.6 is 11.8 Å². The lowest BCUT2D eigenvalue weighted by atomic mass is 10.3. The number of anilines is 1. The maximum absolute atomic E-state index is 11.5. The Balaban J connectivity index is 2.66. The standard InChI is InChI=1S/C12H20N2O2S2/c1-4-17-9-10(2)14-11-5-7-12(8-6-11)18(15,16)13-3/h5-8,10,13-14H,4,9H2,1-3H3. The van der Waals surface area contributed by atoms with Crippen LogP contribution in [0, 0.1) is 0 Å². The minimum atomic E-state index is -3.34. The van der Waals surface area contributed by atoms with Crippen molar-refractivity contribution in [3.05, 3.63) is 24.3 Å². The lowest BCUT2D eigenvalue weighted by Crippen LogP contribution is -2.19. The van der Waals surface area contributed by atoms with Gasteiger partial charge in [0.25, 0.3) is 0 Å². The third-order valence-corrected chi connectivity index (χ3v) is 4.99. The predicted octanol–water partition coefficient (Wildman–Crippen LogP) is 2.15. The second-order valence-electron chi connectivity index (χ2n) is 3.94. The smallest absolute Gasteiger partial charge is 0.240 e. The third kappa shape index (κ3) is 4.51. The van der Waals surface area contributed by atoms with Gasteiger partial charge < -0.3 is 5.32 Å². The molecule has 1 aromatic carbocycles. The first kappa shape index (κ1) is 15.3. The van der Waals surface area contributed by atoms with Crippen molar-refractivity contribution in [1.82, 2.24) is 4.72 Å². The maximum atomic E-state index is 11.5. The molecule has 0 aliphatic heterocycles. The molecular formula is C12H20N2O2S2. The topological polar surface area (TPSA) is 58.2 Å². The van der Waals surface area contributed by atoms with Crippen molar-refractivity contribution in [3.63, 3.8) is 0 Å². The van der Waals surface area contributed by atoms with E-state index in [1.807, 2.05) is 11.8 Å². The number of benzene rings is 1. The van der Waals surface area contributed by atoms with Gasteiger partial charge in [0.05, 0.1) is 4.90 Å². The average molecular weight is 288 g/mol. The fourth-order valence-electron chi connectivity index (χ4n) is 1.47. The van der Waals surface area contributed by atoms with E-state index in [0.29, 0.717) is 6.04 Å². The van der Waals surface area contributed by atoms with E-state index >= 15 is 0 Å². The number of hydrogen-bond acceptors (Lipinski definition) is 4. The zero-order valence-corrected chi connectivity index (χ0v) is 12.6. The monoisotopic (exact) mass is 288 g/mol. The molecule has 1 aromatic rings. The van der Waals surface area contributed by atoms with Gasteiger partial charge >= 0.3 is 0 Å². The van der Waals surface area contributed by atoms with Crippen LogP contribution in [0.4, 0.5) is 5.69 Å². The molecule has 0 bridgehead atoms. The van der Waals surface area contributed by atoms with Crippen molar-refractivity contribution < 1.29 is 8.42 Å². The molecule has 0 spiro atoms. The van der Waals surface area contributed by atoms with Crippen LogP contribution in [0.5, 0.6) is 0 Å². The molecule has 0 saturated heterocycles. The Labute approximate surface area is 114 Å². The van der Waals surface area contributed by atoms with Crippen LogP contribution in [-0.4, -0.2) is 33.0 Å². The quantitative estimate of drug-likeness (QED) is 0.807. The summed E-state index contributed by atoms with van der Waals surface area (Å²) >= 11 is 1.88. The molecule has 0 aromatic heterocycles. The number of hydrogen-bond donors (Lipinski definition) is 2. The summed E-state index contributed by atoms with van der Waals surface area (Å²) in [6, 6.07) is 7.15. The largest absolute Gasteiger partial charge is 0.382 e. The number of thioether (sulfide) groups is 1. The number of nitrogens with one attached hydrogen (secondary N) is 2. The Kier molecular flexibility index (Phi) is 5.98. The van der Waals surface area contributed by atoms with Crippen molar-refractivity contribution in [2.24, 2.45) is 0 Å². The molecule has 1 unspecified atom stereocenters. The highest BCUT2D eigenvalue weighted by Crippen LogP contribution is 2.15. The van der Waals surface area contributed by atoms with Gasteiger partial charge in [-0.3, -0.25) is 0 Å². The first-order valence-corrected chi connectivity index (χ1v) is 8.51. The minimum absolute atomic E-state index is 0.283. The van der Waals surface area contributed by atoms with E-state index in [9.17, 15) is 8.42 Å². The van der Waals surface area contributed by atoms with E-state index in [0.717, 1.165) is 17.2 Å². The molecule has 0 heterocycles. The molecule has 1 rings (SSSR count). The van der Waals surface area contributed by atoms with Crippen LogP contribution in [0.15, 0.2) is 29.2 Å². The summed E-state index contributed by atoms with van der Waals surface area (Å²) in [5.74, 6) is 2.14. The van der Waals surface area contributed by atoms with Crippen LogP contribution in [0.1, 0.15) is 13.8 Å². The molecule has 4 nitrogen and oxygen atoms in total. The van der Waals surface area contributed by atoms with Crippen LogP contribution in [-0.2, 0) is 10.0 Å². The number of sulfonamides is 1. The van der Waals surface area contributed by atoms with Gasteiger partial charge in [0.15, 0.2) is 0 Å². The van der Waals surface area contributed by atoms with Gasteiger partial charge in [0.1, 0.15) is 0 Å². The highest BCUT2D eigenvalue weighted by Gasteiger charge is 2.10. The molecule has 18 heavy (non-hydrogen) atoms. The predicted molar refractivity (Wildman–Crippen MR) is 78.8 cm³/mol. The second-order valence-corrected chi connectivity index (χ2v) is 7.14. The zero-order chi connectivity index (χ0) is 13.6. The lowest BCUT2D eigenvalue weighted by molar-refractivity contribution is 0.588. The normalized spacial score (nSPS) is 13.3. The molecule has 0 amide bonds. The summed E-state index contributed by atoms with van der Waals surface area (Å²) in [7, 11) is -1.93. The number of rotatable bonds is 7. The summed E-state index contributed by atoms with van der Waals surface area (Å²) in [5.41, 5.74) is 0.939. The van der Waals surface area contributed by atoms with Crippen molar-refractivity contribution in [2.45, 2.75) is 24.8 Å². The Bertz CT molecular complexity index is 457. The van der Waals surface area contributed by atoms with Crippen molar-refractivity contribution in [1.29, 1.82) is 0 Å². The maximum Gasteiger partial charge on any atom is 0.240 e. The summed E-state index contributed by atoms with van der Waals surface area (Å²) in [4.78, 5) is 0.283. The Morgan fingerprint density at radius 3 is 2.39 bits per heavy atom. The molecule has 102 valence electrons. The van der Waals surface area contributed by atoms with Gasteiger partial charge in [-0.25, -0.2) is 13.1 Å². The van der Waals surface area contributed by atoms with E-state index in [1.165, 1.54) is 7.05 Å². The van der Waals surface area contributed by atoms with Crippen molar-refractivity contribution in [2.75, 3.05) is 23.9 Å². The van der Waals surface area contributed by atoms with E-state index in [-0.39, 0.29) is 4.90 Å². The van der Waals surface area contributed by atoms with E-state index in [1.54, 1.807) is 24.3 Å². The zero-order valence-electron chi connectivity index (χ0n) is 10.9. The summed E-state index contributed by atoms with van der Waals surface area (Å²) in [5, 5.41) is 3.34. The second kappa shape index (κ2) is 7.01. The summed E-state index contributed by atoms with van der Waals surface area (Å²) in [6.45, 7) is 4.25. The van der Waals surface area contributed by atoms with Gasteiger partial charge in [-0.2, -0.15) is 11.8 Å². The summed E-state index contributed by atoms with van der Waals surface area (Å²) in [6.07, 6.45) is 0. The Morgan fingerprint density at radius 2 is 1.89 bits per heavy atom. The molecule has 0 fully saturated rings. The van der Waals surface area contributed by atoms with Crippen LogP contribution in [0.3, 0.4) is 0 Å². The highest BCUT2D eigenvalue weighted by atomic mass is 32.2. The van der Waals surface area contributed by atoms with Crippen molar-refractivity contribution in [3.8, 4) is 0 Å². The van der Waals surface area contributed by atoms with Crippen LogP contribution in [0.2, 0.25) is 0 Å². The fraction of sp³-hybridized carbons (Fsp3) is 0.500. The molecule has 2 N–H and O–H groups in total. The van der Waals surface area contributed by atoms with E-state index in [2.05, 4.69) is 23.9 Å². The van der Waals surface area contributed by atoms with Crippen molar-refractivity contribution >= 4 is 27.5 Å². The lowest BCUT2D eigenvalue weighted by Gasteiger charge is -2.14.